The average Bonchev–Trinajstić information content (AvgIpc) is 3.24. The maximum absolute atomic E-state index is 5.67. The molecule has 0 amide bonds. The first-order valence-electron chi connectivity index (χ1n) is 9.54. The maximum atomic E-state index is 5.67. The van der Waals surface area contributed by atoms with Crippen molar-refractivity contribution in [2.75, 3.05) is 26.9 Å². The fraction of sp³-hybridized carbons (Fsp3) is 0.391. The summed E-state index contributed by atoms with van der Waals surface area (Å²) in [6, 6.07) is 15.5. The van der Waals surface area contributed by atoms with Crippen molar-refractivity contribution in [1.82, 2.24) is 4.90 Å². The summed E-state index contributed by atoms with van der Waals surface area (Å²) in [6.07, 6.45) is 3.39. The van der Waals surface area contributed by atoms with Crippen LogP contribution in [0.15, 0.2) is 48.0 Å². The van der Waals surface area contributed by atoms with E-state index in [0.29, 0.717) is 6.79 Å². The van der Waals surface area contributed by atoms with Crippen molar-refractivity contribution < 1.29 is 9.47 Å². The molecule has 2 aliphatic heterocycles. The largest absolute Gasteiger partial charge is 0.454 e. The molecule has 2 aromatic carbocycles. The van der Waals surface area contributed by atoms with E-state index in [4.69, 9.17) is 9.47 Å². The third-order valence-corrected chi connectivity index (χ3v) is 6.34. The van der Waals surface area contributed by atoms with E-state index in [2.05, 4.69) is 61.3 Å². The van der Waals surface area contributed by atoms with Crippen LogP contribution in [0.4, 0.5) is 0 Å². The molecule has 0 spiro atoms. The molecule has 1 fully saturated rings. The van der Waals surface area contributed by atoms with Crippen LogP contribution in [0.1, 0.15) is 36.5 Å². The lowest BCUT2D eigenvalue weighted by Gasteiger charge is -2.33. The van der Waals surface area contributed by atoms with Crippen molar-refractivity contribution in [1.29, 1.82) is 0 Å². The van der Waals surface area contributed by atoms with E-state index in [-0.39, 0.29) is 5.41 Å². The summed E-state index contributed by atoms with van der Waals surface area (Å²) in [5, 5.41) is 0. The minimum Gasteiger partial charge on any atom is -0.454 e. The van der Waals surface area contributed by atoms with Gasteiger partial charge in [0.1, 0.15) is 0 Å². The molecule has 0 bridgehead atoms. The van der Waals surface area contributed by atoms with Gasteiger partial charge in [0.2, 0.25) is 6.79 Å². The van der Waals surface area contributed by atoms with Gasteiger partial charge in [-0.25, -0.2) is 0 Å². The van der Waals surface area contributed by atoms with Gasteiger partial charge in [0.05, 0.1) is 0 Å². The fourth-order valence-electron chi connectivity index (χ4n) is 4.89. The van der Waals surface area contributed by atoms with E-state index in [9.17, 15) is 0 Å². The summed E-state index contributed by atoms with van der Waals surface area (Å²) < 4.78 is 11.2. The number of rotatable bonds is 1. The molecular weight excluding hydrogens is 322 g/mol. The number of benzene rings is 2. The second-order valence-electron chi connectivity index (χ2n) is 8.02. The predicted octanol–water partition coefficient (Wildman–Crippen LogP) is 4.41. The van der Waals surface area contributed by atoms with Gasteiger partial charge in [0, 0.05) is 18.5 Å². The lowest BCUT2D eigenvalue weighted by atomic mass is 9.73. The quantitative estimate of drug-likeness (QED) is 0.763. The predicted molar refractivity (Wildman–Crippen MR) is 104 cm³/mol. The van der Waals surface area contributed by atoms with Crippen LogP contribution in [0.25, 0.3) is 5.57 Å². The third-order valence-electron chi connectivity index (χ3n) is 6.34. The molecular formula is C23H25NO2. The standard InChI is InChI=1S/C23H25NO2/c1-23(18-7-8-20-21(13-18)26-15-25-20)14-17-5-3-4-6-19(17)22(23)16-9-11-24(2)12-10-16/h3-8,13H,9-12,14-15H2,1-2H3. The van der Waals surface area contributed by atoms with Crippen molar-refractivity contribution in [3.05, 3.63) is 64.7 Å². The number of likely N-dealkylation sites (tertiary alicyclic amines) is 1. The molecule has 0 N–H and O–H groups in total. The first-order valence-corrected chi connectivity index (χ1v) is 9.54. The Labute approximate surface area is 155 Å². The minimum atomic E-state index is -0.00406. The molecule has 1 saturated heterocycles. The van der Waals surface area contributed by atoms with E-state index >= 15 is 0 Å². The van der Waals surface area contributed by atoms with Gasteiger partial charge >= 0.3 is 0 Å². The lowest BCUT2D eigenvalue weighted by Crippen LogP contribution is -2.29. The van der Waals surface area contributed by atoms with Crippen LogP contribution < -0.4 is 9.47 Å². The van der Waals surface area contributed by atoms with E-state index < -0.39 is 0 Å². The zero-order chi connectivity index (χ0) is 17.7. The van der Waals surface area contributed by atoms with Gasteiger partial charge in [-0.2, -0.15) is 0 Å². The monoisotopic (exact) mass is 347 g/mol. The zero-order valence-electron chi connectivity index (χ0n) is 15.5. The van der Waals surface area contributed by atoms with Gasteiger partial charge in [0.25, 0.3) is 0 Å². The Balaban J connectivity index is 1.66. The first-order chi connectivity index (χ1) is 12.6. The van der Waals surface area contributed by atoms with Crippen molar-refractivity contribution in [2.45, 2.75) is 31.6 Å². The molecule has 2 heterocycles. The molecule has 1 atom stereocenters. The Morgan fingerprint density at radius 3 is 2.58 bits per heavy atom. The summed E-state index contributed by atoms with van der Waals surface area (Å²) in [7, 11) is 2.22. The molecule has 0 saturated carbocycles. The molecule has 1 aliphatic carbocycles. The van der Waals surface area contributed by atoms with Crippen molar-refractivity contribution >= 4 is 5.57 Å². The van der Waals surface area contributed by atoms with Crippen LogP contribution in [-0.4, -0.2) is 31.8 Å². The summed E-state index contributed by atoms with van der Waals surface area (Å²) in [5.74, 6) is 1.74. The highest BCUT2D eigenvalue weighted by molar-refractivity contribution is 5.84. The normalized spacial score (nSPS) is 24.8. The van der Waals surface area contributed by atoms with Crippen LogP contribution in [0.5, 0.6) is 11.5 Å². The van der Waals surface area contributed by atoms with Crippen molar-refractivity contribution in [3.63, 3.8) is 0 Å². The highest BCUT2D eigenvalue weighted by atomic mass is 16.7. The molecule has 3 nitrogen and oxygen atoms in total. The minimum absolute atomic E-state index is 0.00406. The van der Waals surface area contributed by atoms with Crippen LogP contribution in [0.3, 0.4) is 0 Å². The smallest absolute Gasteiger partial charge is 0.231 e. The molecule has 1 unspecified atom stereocenters. The number of nitrogens with zero attached hydrogens (tertiary/aromatic N) is 1. The van der Waals surface area contributed by atoms with Crippen LogP contribution in [-0.2, 0) is 11.8 Å². The summed E-state index contributed by atoms with van der Waals surface area (Å²) in [4.78, 5) is 2.43. The number of allylic oxidation sites excluding steroid dienone is 1. The third kappa shape index (κ3) is 2.38. The summed E-state index contributed by atoms with van der Waals surface area (Å²) in [5.41, 5.74) is 7.43. The SMILES string of the molecule is CN1CCC(=C2c3ccccc3CC2(C)c2ccc3c(c2)OCO3)CC1. The number of piperidine rings is 1. The topological polar surface area (TPSA) is 21.7 Å². The molecule has 0 radical (unpaired) electrons. The molecule has 5 rings (SSSR count). The molecule has 3 heteroatoms. The average molecular weight is 347 g/mol. The van der Waals surface area contributed by atoms with Crippen LogP contribution >= 0.6 is 0 Å². The van der Waals surface area contributed by atoms with Gasteiger partial charge in [-0.3, -0.25) is 0 Å². The Morgan fingerprint density at radius 1 is 0.962 bits per heavy atom. The number of ether oxygens (including phenoxy) is 2. The lowest BCUT2D eigenvalue weighted by molar-refractivity contribution is 0.174. The van der Waals surface area contributed by atoms with Gasteiger partial charge in [-0.05, 0) is 60.7 Å². The Morgan fingerprint density at radius 2 is 1.73 bits per heavy atom. The Hall–Kier alpha value is -2.26. The van der Waals surface area contributed by atoms with E-state index in [0.717, 1.165) is 31.0 Å². The molecule has 0 aromatic heterocycles. The molecule has 2 aromatic rings. The Bertz CT molecular complexity index is 891. The van der Waals surface area contributed by atoms with Crippen LogP contribution in [0.2, 0.25) is 0 Å². The number of hydrogen-bond donors (Lipinski definition) is 0. The van der Waals surface area contributed by atoms with Gasteiger partial charge < -0.3 is 14.4 Å². The number of hydrogen-bond acceptors (Lipinski definition) is 3. The highest BCUT2D eigenvalue weighted by Crippen LogP contribution is 2.52. The molecule has 26 heavy (non-hydrogen) atoms. The highest BCUT2D eigenvalue weighted by Gasteiger charge is 2.41. The second-order valence-corrected chi connectivity index (χ2v) is 8.02. The van der Waals surface area contributed by atoms with Crippen molar-refractivity contribution in [3.8, 4) is 11.5 Å². The Kier molecular flexibility index (Phi) is 3.61. The van der Waals surface area contributed by atoms with Crippen molar-refractivity contribution in [2.24, 2.45) is 0 Å². The second kappa shape index (κ2) is 5.88. The number of fused-ring (bicyclic) bond motifs is 2. The molecule has 3 aliphatic rings. The fourth-order valence-corrected chi connectivity index (χ4v) is 4.89. The van der Waals surface area contributed by atoms with E-state index in [1.54, 1.807) is 11.1 Å². The zero-order valence-corrected chi connectivity index (χ0v) is 15.5. The molecule has 134 valence electrons. The first kappa shape index (κ1) is 16.0. The summed E-state index contributed by atoms with van der Waals surface area (Å²) in [6.45, 7) is 5.04. The van der Waals surface area contributed by atoms with E-state index in [1.807, 2.05) is 0 Å². The van der Waals surface area contributed by atoms with E-state index in [1.165, 1.54) is 29.5 Å². The van der Waals surface area contributed by atoms with Crippen LogP contribution in [0, 0.1) is 0 Å². The van der Waals surface area contributed by atoms with Gasteiger partial charge in [-0.1, -0.05) is 42.8 Å². The summed E-state index contributed by atoms with van der Waals surface area (Å²) >= 11 is 0. The van der Waals surface area contributed by atoms with Gasteiger partial charge in [-0.15, -0.1) is 0 Å². The maximum Gasteiger partial charge on any atom is 0.231 e. The van der Waals surface area contributed by atoms with Gasteiger partial charge in [0.15, 0.2) is 11.5 Å².